The Morgan fingerprint density at radius 3 is 2.90 bits per heavy atom. The summed E-state index contributed by atoms with van der Waals surface area (Å²) in [6.07, 6.45) is 0. The van der Waals surface area contributed by atoms with Gasteiger partial charge >= 0.3 is 0 Å². The molecule has 6 nitrogen and oxygen atoms in total. The lowest BCUT2D eigenvalue weighted by molar-refractivity contribution is -0.114. The smallest absolute Gasteiger partial charge is 0.236 e. The summed E-state index contributed by atoms with van der Waals surface area (Å²) in [5.74, 6) is -0.0822. The Hall–Kier alpha value is -2.35. The Morgan fingerprint density at radius 1 is 1.40 bits per heavy atom. The molecule has 0 saturated carbocycles. The summed E-state index contributed by atoms with van der Waals surface area (Å²) in [6, 6.07) is 4.82. The molecule has 0 radical (unpaired) electrons. The van der Waals surface area contributed by atoms with Gasteiger partial charge in [0.25, 0.3) is 0 Å². The molecular weight excluding hydrogens is 281 g/mol. The maximum absolute atomic E-state index is 13.6. The first-order valence-corrected chi connectivity index (χ1v) is 6.62. The summed E-state index contributed by atoms with van der Waals surface area (Å²) in [5.41, 5.74) is 1.15. The normalized spacial score (nSPS) is 10.9. The molecule has 0 aliphatic rings. The average molecular weight is 291 g/mol. The molecule has 3 rings (SSSR count). The minimum atomic E-state index is -0.309. The summed E-state index contributed by atoms with van der Waals surface area (Å²) in [6.45, 7) is 3.09. The number of amides is 1. The van der Waals surface area contributed by atoms with Gasteiger partial charge < -0.3 is 5.32 Å². The minimum Gasteiger partial charge on any atom is -0.301 e. The van der Waals surface area contributed by atoms with Gasteiger partial charge in [0.2, 0.25) is 16.0 Å². The van der Waals surface area contributed by atoms with Gasteiger partial charge in [-0.1, -0.05) is 23.5 Å². The molecule has 0 atom stereocenters. The fourth-order valence-corrected chi connectivity index (χ4v) is 2.52. The van der Waals surface area contributed by atoms with E-state index >= 15 is 0 Å². The maximum atomic E-state index is 13.6. The number of aryl methyl sites for hydroxylation is 1. The van der Waals surface area contributed by atoms with Gasteiger partial charge in [-0.15, -0.1) is 15.3 Å². The molecule has 0 saturated heterocycles. The second-order valence-corrected chi connectivity index (χ2v) is 5.23. The van der Waals surface area contributed by atoms with Crippen LogP contribution in [-0.4, -0.2) is 25.7 Å². The topological polar surface area (TPSA) is 72.2 Å². The first-order chi connectivity index (χ1) is 9.54. The van der Waals surface area contributed by atoms with Crippen molar-refractivity contribution in [1.29, 1.82) is 0 Å². The zero-order valence-corrected chi connectivity index (χ0v) is 11.5. The Kier molecular flexibility index (Phi) is 2.94. The number of aromatic nitrogens is 4. The van der Waals surface area contributed by atoms with Gasteiger partial charge in [0.15, 0.2) is 5.82 Å². The predicted molar refractivity (Wildman–Crippen MR) is 73.1 cm³/mol. The van der Waals surface area contributed by atoms with Crippen molar-refractivity contribution in [2.75, 3.05) is 5.32 Å². The molecule has 2 heterocycles. The highest BCUT2D eigenvalue weighted by Crippen LogP contribution is 2.25. The summed E-state index contributed by atoms with van der Waals surface area (Å²) >= 11 is 1.20. The highest BCUT2D eigenvalue weighted by molar-refractivity contribution is 7.20. The van der Waals surface area contributed by atoms with Crippen molar-refractivity contribution in [3.05, 3.63) is 29.6 Å². The van der Waals surface area contributed by atoms with E-state index in [1.54, 1.807) is 19.1 Å². The maximum Gasteiger partial charge on any atom is 0.236 e. The van der Waals surface area contributed by atoms with Gasteiger partial charge in [-0.3, -0.25) is 4.79 Å². The van der Waals surface area contributed by atoms with Crippen LogP contribution in [0, 0.1) is 12.7 Å². The standard InChI is InChI=1S/C12H10FN5OS/c1-6-3-4-8(5-9(6)13)10-15-16-12-18(10)17-11(20-12)14-7(2)19/h3-5H,1-2H3,(H,14,17,19). The molecule has 1 amide bonds. The lowest BCUT2D eigenvalue weighted by Crippen LogP contribution is -2.05. The monoisotopic (exact) mass is 291 g/mol. The van der Waals surface area contributed by atoms with Crippen LogP contribution in [-0.2, 0) is 4.79 Å². The van der Waals surface area contributed by atoms with Gasteiger partial charge in [-0.2, -0.15) is 4.52 Å². The average Bonchev–Trinajstić information content (AvgIpc) is 2.91. The van der Waals surface area contributed by atoms with Crippen LogP contribution in [0.3, 0.4) is 0 Å². The predicted octanol–water partition coefficient (Wildman–Crippen LogP) is 2.26. The first kappa shape index (κ1) is 12.7. The van der Waals surface area contributed by atoms with E-state index in [1.165, 1.54) is 28.8 Å². The molecule has 0 bridgehead atoms. The van der Waals surface area contributed by atoms with Crippen LogP contribution in [0.25, 0.3) is 16.3 Å². The number of nitrogens with one attached hydrogen (secondary N) is 1. The van der Waals surface area contributed by atoms with E-state index in [4.69, 9.17) is 0 Å². The number of fused-ring (bicyclic) bond motifs is 1. The number of nitrogens with zero attached hydrogens (tertiary/aromatic N) is 4. The van der Waals surface area contributed by atoms with Crippen LogP contribution < -0.4 is 5.32 Å². The van der Waals surface area contributed by atoms with Crippen LogP contribution in [0.1, 0.15) is 12.5 Å². The minimum absolute atomic E-state index is 0.210. The van der Waals surface area contributed by atoms with Gasteiger partial charge in [0.05, 0.1) is 0 Å². The third-order valence-electron chi connectivity index (χ3n) is 2.70. The number of anilines is 1. The van der Waals surface area contributed by atoms with Crippen LogP contribution >= 0.6 is 11.3 Å². The molecule has 0 spiro atoms. The largest absolute Gasteiger partial charge is 0.301 e. The van der Waals surface area contributed by atoms with Crippen molar-refractivity contribution in [3.63, 3.8) is 0 Å². The molecule has 8 heteroatoms. The second-order valence-electron chi connectivity index (χ2n) is 4.27. The molecule has 0 fully saturated rings. The van der Waals surface area contributed by atoms with Gasteiger partial charge in [0, 0.05) is 12.5 Å². The lowest BCUT2D eigenvalue weighted by atomic mass is 10.1. The quantitative estimate of drug-likeness (QED) is 0.786. The summed E-state index contributed by atoms with van der Waals surface area (Å²) in [4.78, 5) is 11.5. The summed E-state index contributed by atoms with van der Waals surface area (Å²) in [7, 11) is 0. The molecule has 0 aliphatic heterocycles. The number of rotatable bonds is 2. The van der Waals surface area contributed by atoms with E-state index in [0.29, 0.717) is 27.0 Å². The third kappa shape index (κ3) is 2.14. The fourth-order valence-electron chi connectivity index (χ4n) is 1.73. The summed E-state index contributed by atoms with van der Waals surface area (Å²) in [5, 5.41) is 15.2. The van der Waals surface area contributed by atoms with E-state index in [1.807, 2.05) is 0 Å². The Bertz CT molecular complexity index is 809. The van der Waals surface area contributed by atoms with Crippen LogP contribution in [0.15, 0.2) is 18.2 Å². The Morgan fingerprint density at radius 2 is 2.20 bits per heavy atom. The highest BCUT2D eigenvalue weighted by Gasteiger charge is 2.14. The zero-order chi connectivity index (χ0) is 14.3. The zero-order valence-electron chi connectivity index (χ0n) is 10.7. The van der Waals surface area contributed by atoms with Gasteiger partial charge in [-0.25, -0.2) is 4.39 Å². The summed E-state index contributed by atoms with van der Waals surface area (Å²) < 4.78 is 15.1. The van der Waals surface area contributed by atoms with E-state index in [0.717, 1.165) is 0 Å². The fraction of sp³-hybridized carbons (Fsp3) is 0.167. The molecule has 0 unspecified atom stereocenters. The first-order valence-electron chi connectivity index (χ1n) is 5.81. The van der Waals surface area contributed by atoms with E-state index in [9.17, 15) is 9.18 Å². The second kappa shape index (κ2) is 4.64. The van der Waals surface area contributed by atoms with Crippen molar-refractivity contribution in [2.24, 2.45) is 0 Å². The van der Waals surface area contributed by atoms with Crippen LogP contribution in [0.4, 0.5) is 9.52 Å². The number of benzene rings is 1. The lowest BCUT2D eigenvalue weighted by Gasteiger charge is -2.00. The molecule has 1 aromatic carbocycles. The molecule has 3 aromatic rings. The van der Waals surface area contributed by atoms with Gasteiger partial charge in [0.1, 0.15) is 5.82 Å². The molecule has 102 valence electrons. The molecule has 2 aromatic heterocycles. The molecular formula is C12H10FN5OS. The number of hydrogen-bond donors (Lipinski definition) is 1. The molecule has 20 heavy (non-hydrogen) atoms. The molecule has 0 aliphatic carbocycles. The van der Waals surface area contributed by atoms with Crippen LogP contribution in [0.5, 0.6) is 0 Å². The number of halogens is 1. The van der Waals surface area contributed by atoms with Gasteiger partial charge in [-0.05, 0) is 18.6 Å². The van der Waals surface area contributed by atoms with Crippen molar-refractivity contribution in [1.82, 2.24) is 19.8 Å². The van der Waals surface area contributed by atoms with Crippen molar-refractivity contribution < 1.29 is 9.18 Å². The number of carbonyl (C=O) groups excluding carboxylic acids is 1. The number of hydrogen-bond acceptors (Lipinski definition) is 5. The SMILES string of the molecule is CC(=O)Nc1nn2c(-c3ccc(C)c(F)c3)nnc2s1. The van der Waals surface area contributed by atoms with E-state index in [-0.39, 0.29) is 11.7 Å². The van der Waals surface area contributed by atoms with Crippen molar-refractivity contribution in [3.8, 4) is 11.4 Å². The van der Waals surface area contributed by atoms with E-state index < -0.39 is 0 Å². The van der Waals surface area contributed by atoms with Crippen molar-refractivity contribution in [2.45, 2.75) is 13.8 Å². The van der Waals surface area contributed by atoms with E-state index in [2.05, 4.69) is 20.6 Å². The Balaban J connectivity index is 2.08. The highest BCUT2D eigenvalue weighted by atomic mass is 32.1. The van der Waals surface area contributed by atoms with Crippen molar-refractivity contribution >= 4 is 27.3 Å². The third-order valence-corrected chi connectivity index (χ3v) is 3.52. The Labute approximate surface area is 117 Å². The van der Waals surface area contributed by atoms with Crippen LogP contribution in [0.2, 0.25) is 0 Å². The molecule has 1 N–H and O–H groups in total. The number of carbonyl (C=O) groups is 1.